The molecule has 1 heterocycles. The minimum atomic E-state index is -1.64. The molecule has 4 rings (SSSR count). The molecular formula is C26H24N2O3S. The lowest BCUT2D eigenvalue weighted by Crippen LogP contribution is -2.29. The molecule has 3 aromatic carbocycles. The highest BCUT2D eigenvalue weighted by Gasteiger charge is 2.26. The number of pyridine rings is 1. The Morgan fingerprint density at radius 2 is 1.59 bits per heavy atom. The Kier molecular flexibility index (Phi) is 6.61. The molecular weight excluding hydrogens is 420 g/mol. The first-order valence-corrected chi connectivity index (χ1v) is 11.9. The van der Waals surface area contributed by atoms with Crippen molar-refractivity contribution in [3.63, 3.8) is 0 Å². The van der Waals surface area contributed by atoms with Gasteiger partial charge in [-0.25, -0.2) is 9.19 Å². The molecule has 0 spiro atoms. The van der Waals surface area contributed by atoms with E-state index in [4.69, 9.17) is 9.17 Å². The van der Waals surface area contributed by atoms with Gasteiger partial charge < -0.3 is 9.50 Å². The predicted molar refractivity (Wildman–Crippen MR) is 129 cm³/mol. The minimum Gasteiger partial charge on any atom is -0.397 e. The standard InChI is InChI=1S/C26H24N2O3S/c1-3-21(18-12-6-4-7-13-18)28-26(29)23-20-16-10-11-17-22(20)27-24(25(23)31-32(2)30)19-14-8-5-9-15-19/h4-17,21H,3H2,1-2H3,(H,28,29)/t21-,32?/m0/s1. The molecule has 1 unspecified atom stereocenters. The fourth-order valence-electron chi connectivity index (χ4n) is 3.75. The Balaban J connectivity index is 1.90. The van der Waals surface area contributed by atoms with Crippen LogP contribution in [0.15, 0.2) is 84.9 Å². The number of benzene rings is 3. The minimum absolute atomic E-state index is 0.171. The summed E-state index contributed by atoms with van der Waals surface area (Å²) < 4.78 is 17.9. The zero-order valence-corrected chi connectivity index (χ0v) is 18.8. The number of amides is 1. The summed E-state index contributed by atoms with van der Waals surface area (Å²) >= 11 is -1.64. The average molecular weight is 445 g/mol. The molecule has 6 heteroatoms. The van der Waals surface area contributed by atoms with E-state index in [0.29, 0.717) is 22.2 Å². The average Bonchev–Trinajstić information content (AvgIpc) is 2.82. The van der Waals surface area contributed by atoms with Gasteiger partial charge in [0.1, 0.15) is 5.69 Å². The quantitative estimate of drug-likeness (QED) is 0.411. The maximum Gasteiger partial charge on any atom is 0.256 e. The van der Waals surface area contributed by atoms with Crippen LogP contribution in [0.4, 0.5) is 0 Å². The Morgan fingerprint density at radius 3 is 2.25 bits per heavy atom. The lowest BCUT2D eigenvalue weighted by molar-refractivity contribution is 0.0936. The zero-order valence-electron chi connectivity index (χ0n) is 17.9. The summed E-state index contributed by atoms with van der Waals surface area (Å²) in [5, 5.41) is 3.78. The molecule has 1 N–H and O–H groups in total. The summed E-state index contributed by atoms with van der Waals surface area (Å²) in [4.78, 5) is 18.4. The molecule has 0 aliphatic heterocycles. The van der Waals surface area contributed by atoms with Crippen LogP contribution in [-0.2, 0) is 11.1 Å². The van der Waals surface area contributed by atoms with Crippen LogP contribution in [0.5, 0.6) is 5.75 Å². The maximum atomic E-state index is 13.7. The number of hydrogen-bond acceptors (Lipinski definition) is 4. The number of aromatic nitrogens is 1. The maximum absolute atomic E-state index is 13.7. The van der Waals surface area contributed by atoms with Gasteiger partial charge in [0.25, 0.3) is 5.91 Å². The van der Waals surface area contributed by atoms with E-state index < -0.39 is 11.1 Å². The third-order valence-electron chi connectivity index (χ3n) is 5.24. The topological polar surface area (TPSA) is 68.3 Å². The van der Waals surface area contributed by atoms with E-state index in [2.05, 4.69) is 5.32 Å². The van der Waals surface area contributed by atoms with Crippen molar-refractivity contribution in [2.24, 2.45) is 0 Å². The summed E-state index contributed by atoms with van der Waals surface area (Å²) in [5.74, 6) is -0.0758. The molecule has 0 saturated carbocycles. The fraction of sp³-hybridized carbons (Fsp3) is 0.154. The van der Waals surface area contributed by atoms with Crippen molar-refractivity contribution in [3.05, 3.63) is 96.1 Å². The van der Waals surface area contributed by atoms with Gasteiger partial charge in [0, 0.05) is 17.2 Å². The van der Waals surface area contributed by atoms with E-state index >= 15 is 0 Å². The number of nitrogens with one attached hydrogen (secondary N) is 1. The molecule has 5 nitrogen and oxygen atoms in total. The first-order valence-electron chi connectivity index (χ1n) is 10.4. The Hall–Kier alpha value is -3.51. The molecule has 0 aliphatic carbocycles. The van der Waals surface area contributed by atoms with Crippen LogP contribution in [0.25, 0.3) is 22.2 Å². The molecule has 1 aromatic heterocycles. The highest BCUT2D eigenvalue weighted by molar-refractivity contribution is 7.79. The predicted octanol–water partition coefficient (Wildman–Crippen LogP) is 5.46. The molecule has 0 fully saturated rings. The SMILES string of the molecule is CC[C@H](NC(=O)c1c(OS(C)=O)c(-c2ccccc2)nc2ccccc12)c1ccccc1. The van der Waals surface area contributed by atoms with Gasteiger partial charge in [0.2, 0.25) is 11.1 Å². The van der Waals surface area contributed by atoms with Gasteiger partial charge in [0.05, 0.1) is 17.1 Å². The molecule has 32 heavy (non-hydrogen) atoms. The van der Waals surface area contributed by atoms with Gasteiger partial charge in [-0.15, -0.1) is 0 Å². The van der Waals surface area contributed by atoms with Crippen molar-refractivity contribution in [2.75, 3.05) is 6.26 Å². The number of carbonyl (C=O) groups excluding carboxylic acids is 1. The van der Waals surface area contributed by atoms with Gasteiger partial charge in [-0.1, -0.05) is 85.8 Å². The van der Waals surface area contributed by atoms with Gasteiger partial charge in [0.15, 0.2) is 5.75 Å². The van der Waals surface area contributed by atoms with Crippen LogP contribution < -0.4 is 9.50 Å². The Morgan fingerprint density at radius 1 is 0.969 bits per heavy atom. The number of carbonyl (C=O) groups is 1. The summed E-state index contributed by atoms with van der Waals surface area (Å²) in [5.41, 5.74) is 3.28. The van der Waals surface area contributed by atoms with E-state index in [1.807, 2.05) is 91.9 Å². The molecule has 0 radical (unpaired) electrons. The normalized spacial score (nSPS) is 12.8. The highest BCUT2D eigenvalue weighted by Crippen LogP contribution is 2.37. The van der Waals surface area contributed by atoms with Crippen molar-refractivity contribution in [1.29, 1.82) is 0 Å². The van der Waals surface area contributed by atoms with Crippen molar-refractivity contribution in [1.82, 2.24) is 10.3 Å². The lowest BCUT2D eigenvalue weighted by atomic mass is 10.00. The van der Waals surface area contributed by atoms with E-state index in [1.165, 1.54) is 6.26 Å². The van der Waals surface area contributed by atoms with Crippen LogP contribution in [0.3, 0.4) is 0 Å². The molecule has 0 aliphatic rings. The highest BCUT2D eigenvalue weighted by atomic mass is 32.2. The van der Waals surface area contributed by atoms with E-state index in [0.717, 1.165) is 17.5 Å². The second kappa shape index (κ2) is 9.75. The third-order valence-corrected chi connectivity index (χ3v) is 5.64. The first kappa shape index (κ1) is 21.7. The molecule has 4 aromatic rings. The summed E-state index contributed by atoms with van der Waals surface area (Å²) in [7, 11) is 0. The molecule has 162 valence electrons. The second-order valence-electron chi connectivity index (χ2n) is 7.38. The molecule has 0 bridgehead atoms. The summed E-state index contributed by atoms with van der Waals surface area (Å²) in [6.07, 6.45) is 2.16. The first-order chi connectivity index (χ1) is 15.6. The van der Waals surface area contributed by atoms with Crippen molar-refractivity contribution < 1.29 is 13.2 Å². The van der Waals surface area contributed by atoms with Crippen molar-refractivity contribution >= 4 is 27.9 Å². The number of hydrogen-bond donors (Lipinski definition) is 1. The van der Waals surface area contributed by atoms with Crippen LogP contribution in [0.2, 0.25) is 0 Å². The van der Waals surface area contributed by atoms with E-state index in [-0.39, 0.29) is 17.7 Å². The third kappa shape index (κ3) is 4.55. The van der Waals surface area contributed by atoms with Crippen molar-refractivity contribution in [3.8, 4) is 17.0 Å². The fourth-order valence-corrected chi connectivity index (χ4v) is 4.14. The van der Waals surface area contributed by atoms with E-state index in [1.54, 1.807) is 0 Å². The number of para-hydroxylation sites is 1. The Bertz CT molecular complexity index is 1260. The van der Waals surface area contributed by atoms with E-state index in [9.17, 15) is 9.00 Å². The largest absolute Gasteiger partial charge is 0.397 e. The Labute approximate surface area is 190 Å². The lowest BCUT2D eigenvalue weighted by Gasteiger charge is -2.20. The summed E-state index contributed by atoms with van der Waals surface area (Å²) in [6, 6.07) is 26.6. The van der Waals surface area contributed by atoms with Crippen LogP contribution >= 0.6 is 0 Å². The molecule has 2 atom stereocenters. The molecule has 1 amide bonds. The monoisotopic (exact) mass is 444 g/mol. The number of nitrogens with zero attached hydrogens (tertiary/aromatic N) is 1. The van der Waals surface area contributed by atoms with Crippen LogP contribution in [0.1, 0.15) is 35.3 Å². The smallest absolute Gasteiger partial charge is 0.256 e. The number of fused-ring (bicyclic) bond motifs is 1. The van der Waals surface area contributed by atoms with Crippen LogP contribution in [0, 0.1) is 0 Å². The van der Waals surface area contributed by atoms with Gasteiger partial charge in [-0.3, -0.25) is 4.79 Å². The van der Waals surface area contributed by atoms with Gasteiger partial charge in [-0.2, -0.15) is 0 Å². The second-order valence-corrected chi connectivity index (χ2v) is 8.35. The van der Waals surface area contributed by atoms with Gasteiger partial charge >= 0.3 is 0 Å². The summed E-state index contributed by atoms with van der Waals surface area (Å²) in [6.45, 7) is 2.02. The molecule has 0 saturated heterocycles. The van der Waals surface area contributed by atoms with Crippen molar-refractivity contribution in [2.45, 2.75) is 19.4 Å². The van der Waals surface area contributed by atoms with Gasteiger partial charge in [-0.05, 0) is 18.1 Å². The van der Waals surface area contributed by atoms with Crippen LogP contribution in [-0.4, -0.2) is 21.4 Å². The number of rotatable bonds is 7. The zero-order chi connectivity index (χ0) is 22.5.